The minimum Gasteiger partial charge on any atom is -0.495 e. The second-order valence-corrected chi connectivity index (χ2v) is 10.9. The Bertz CT molecular complexity index is 1630. The molecule has 0 bridgehead atoms. The first-order chi connectivity index (χ1) is 20.2. The molecule has 2 fully saturated rings. The topological polar surface area (TPSA) is 133 Å². The van der Waals surface area contributed by atoms with Crippen LogP contribution in [-0.2, 0) is 5.54 Å². The van der Waals surface area contributed by atoms with E-state index in [0.29, 0.717) is 5.56 Å². The van der Waals surface area contributed by atoms with Crippen LogP contribution in [0.4, 0.5) is 16.0 Å². The Morgan fingerprint density at radius 2 is 1.95 bits per heavy atom. The zero-order valence-electron chi connectivity index (χ0n) is 23.5. The fourth-order valence-electron chi connectivity index (χ4n) is 5.71. The van der Waals surface area contributed by atoms with Gasteiger partial charge in [-0.05, 0) is 63.5 Å². The second kappa shape index (κ2) is 10.6. The predicted molar refractivity (Wildman–Crippen MR) is 150 cm³/mol. The number of rotatable bonds is 7. The van der Waals surface area contributed by atoms with Gasteiger partial charge in [-0.2, -0.15) is 10.2 Å². The summed E-state index contributed by atoms with van der Waals surface area (Å²) in [6.07, 6.45) is 4.62. The van der Waals surface area contributed by atoms with Crippen LogP contribution in [0.1, 0.15) is 57.5 Å². The van der Waals surface area contributed by atoms with Crippen molar-refractivity contribution in [3.05, 3.63) is 64.6 Å². The summed E-state index contributed by atoms with van der Waals surface area (Å²) in [6, 6.07) is 9.84. The summed E-state index contributed by atoms with van der Waals surface area (Å²) in [5, 5.41) is 15.5. The van der Waals surface area contributed by atoms with Gasteiger partial charge in [-0.25, -0.2) is 9.37 Å². The maximum atomic E-state index is 15.2. The highest BCUT2D eigenvalue weighted by atomic mass is 19.1. The van der Waals surface area contributed by atoms with Crippen molar-refractivity contribution < 1.29 is 23.5 Å². The monoisotopic (exact) mass is 571 g/mol. The lowest BCUT2D eigenvalue weighted by Crippen LogP contribution is -2.43. The molecular formula is C30H30FN7O4. The molecule has 3 heterocycles. The molecule has 1 aliphatic carbocycles. The lowest BCUT2D eigenvalue weighted by atomic mass is 10.0. The number of hydrogen-bond acceptors (Lipinski definition) is 9. The van der Waals surface area contributed by atoms with Gasteiger partial charge < -0.3 is 29.9 Å². The Morgan fingerprint density at radius 1 is 1.19 bits per heavy atom. The van der Waals surface area contributed by atoms with E-state index in [-0.39, 0.29) is 57.6 Å². The minimum atomic E-state index is -0.745. The maximum Gasteiger partial charge on any atom is 0.258 e. The average Bonchev–Trinajstić information content (AvgIpc) is 3.76. The van der Waals surface area contributed by atoms with Crippen molar-refractivity contribution in [2.24, 2.45) is 0 Å². The van der Waals surface area contributed by atoms with E-state index in [1.165, 1.54) is 19.4 Å². The number of methoxy groups -OCH3 is 1. The maximum absolute atomic E-state index is 15.2. The number of benzene rings is 2. The van der Waals surface area contributed by atoms with Crippen LogP contribution in [0.2, 0.25) is 0 Å². The quantitative estimate of drug-likeness (QED) is 0.433. The summed E-state index contributed by atoms with van der Waals surface area (Å²) < 4.78 is 26.7. The van der Waals surface area contributed by atoms with Crippen LogP contribution in [0, 0.1) is 17.1 Å². The Labute approximate surface area is 242 Å². The van der Waals surface area contributed by atoms with Gasteiger partial charge in [0.15, 0.2) is 0 Å². The van der Waals surface area contributed by atoms with E-state index in [9.17, 15) is 14.9 Å². The zero-order valence-corrected chi connectivity index (χ0v) is 23.5. The van der Waals surface area contributed by atoms with E-state index in [0.717, 1.165) is 50.4 Å². The van der Waals surface area contributed by atoms with Gasteiger partial charge in [0, 0.05) is 19.2 Å². The molecule has 2 aromatic carbocycles. The van der Waals surface area contributed by atoms with Crippen molar-refractivity contribution in [2.75, 3.05) is 39.6 Å². The normalized spacial score (nSPS) is 17.5. The number of aromatic nitrogens is 2. The molecule has 2 aliphatic heterocycles. The highest BCUT2D eigenvalue weighted by Gasteiger charge is 2.57. The third-order valence-electron chi connectivity index (χ3n) is 8.33. The lowest BCUT2D eigenvalue weighted by molar-refractivity contribution is 0.0753. The summed E-state index contributed by atoms with van der Waals surface area (Å²) in [5.41, 5.74) is 1.15. The van der Waals surface area contributed by atoms with Crippen molar-refractivity contribution in [1.82, 2.24) is 25.1 Å². The van der Waals surface area contributed by atoms with Gasteiger partial charge in [0.25, 0.3) is 11.8 Å². The molecule has 3 aliphatic rings. The molecule has 0 unspecified atom stereocenters. The summed E-state index contributed by atoms with van der Waals surface area (Å²) in [6.45, 7) is 1.72. The van der Waals surface area contributed by atoms with Crippen molar-refractivity contribution in [2.45, 2.75) is 37.3 Å². The van der Waals surface area contributed by atoms with Gasteiger partial charge in [-0.1, -0.05) is 12.1 Å². The van der Waals surface area contributed by atoms with E-state index in [1.54, 1.807) is 18.0 Å². The van der Waals surface area contributed by atoms with Crippen molar-refractivity contribution in [1.29, 1.82) is 5.26 Å². The number of ether oxygens (including phenoxy) is 2. The van der Waals surface area contributed by atoms with E-state index < -0.39 is 11.7 Å². The minimum absolute atomic E-state index is 0.0000821. The average molecular weight is 572 g/mol. The third kappa shape index (κ3) is 4.75. The number of piperidine rings is 1. The van der Waals surface area contributed by atoms with E-state index >= 15 is 4.39 Å². The SMILES string of the molecule is COc1cc(C(=O)NC2CCN(C)CC2)c(F)cc1Nc1ncc(C#N)c(Oc2cccc3c2C(=O)N(C)C32CC2)n1. The molecule has 2 N–H and O–H groups in total. The second-order valence-electron chi connectivity index (χ2n) is 10.9. The van der Waals surface area contributed by atoms with Crippen molar-refractivity contribution in [3.8, 4) is 23.4 Å². The molecule has 11 nitrogen and oxygen atoms in total. The third-order valence-corrected chi connectivity index (χ3v) is 8.33. The number of likely N-dealkylation sites (tertiary alicyclic amines) is 1. The summed E-state index contributed by atoms with van der Waals surface area (Å²) in [5.74, 6) is -0.984. The van der Waals surface area contributed by atoms with Crippen LogP contribution < -0.4 is 20.1 Å². The smallest absolute Gasteiger partial charge is 0.258 e. The molecular weight excluding hydrogens is 541 g/mol. The molecule has 1 spiro atoms. The van der Waals surface area contributed by atoms with Crippen LogP contribution in [0.3, 0.4) is 0 Å². The first kappa shape index (κ1) is 27.4. The van der Waals surface area contributed by atoms with Gasteiger partial charge >= 0.3 is 0 Å². The Balaban J connectivity index is 1.25. The largest absolute Gasteiger partial charge is 0.495 e. The molecule has 3 aromatic rings. The fraction of sp³-hybridized carbons (Fsp3) is 0.367. The number of carbonyl (C=O) groups excluding carboxylic acids is 2. The number of nitrogens with zero attached hydrogens (tertiary/aromatic N) is 5. The lowest BCUT2D eigenvalue weighted by Gasteiger charge is -2.29. The van der Waals surface area contributed by atoms with Gasteiger partial charge in [0.05, 0.1) is 35.7 Å². The van der Waals surface area contributed by atoms with E-state index in [2.05, 4.69) is 25.5 Å². The highest BCUT2D eigenvalue weighted by Crippen LogP contribution is 2.57. The predicted octanol–water partition coefficient (Wildman–Crippen LogP) is 3.93. The summed E-state index contributed by atoms with van der Waals surface area (Å²) in [7, 11) is 5.21. The number of nitriles is 1. The molecule has 1 saturated carbocycles. The van der Waals surface area contributed by atoms with Gasteiger partial charge in [-0.15, -0.1) is 0 Å². The molecule has 1 aromatic heterocycles. The summed E-state index contributed by atoms with van der Waals surface area (Å²) >= 11 is 0. The van der Waals surface area contributed by atoms with Crippen LogP contribution >= 0.6 is 0 Å². The molecule has 0 atom stereocenters. The number of fused-ring (bicyclic) bond motifs is 2. The van der Waals surface area contributed by atoms with Crippen LogP contribution in [0.5, 0.6) is 17.4 Å². The molecule has 2 amide bonds. The Hall–Kier alpha value is -4.76. The van der Waals surface area contributed by atoms with Crippen molar-refractivity contribution in [3.63, 3.8) is 0 Å². The Morgan fingerprint density at radius 3 is 2.64 bits per heavy atom. The number of carbonyl (C=O) groups is 2. The van der Waals surface area contributed by atoms with Crippen LogP contribution in [0.25, 0.3) is 0 Å². The van der Waals surface area contributed by atoms with Gasteiger partial charge in [0.2, 0.25) is 11.8 Å². The molecule has 6 rings (SSSR count). The number of amides is 2. The Kier molecular flexibility index (Phi) is 6.90. The molecule has 0 radical (unpaired) electrons. The van der Waals surface area contributed by atoms with E-state index in [1.807, 2.05) is 25.2 Å². The standard InChI is InChI=1S/C30H30FN7O4/c1-37-11-7-18(8-12-37)34-26(39)19-13-24(41-3)22(14-21(19)31)35-29-33-16-17(15-32)27(36-29)42-23-6-4-5-20-25(23)28(40)38(2)30(20)9-10-30/h4-6,13-14,16,18H,7-12H2,1-3H3,(H,34,39)(H,33,35,36). The molecule has 1 saturated heterocycles. The summed E-state index contributed by atoms with van der Waals surface area (Å²) in [4.78, 5) is 38.4. The number of nitrogens with one attached hydrogen (secondary N) is 2. The first-order valence-corrected chi connectivity index (χ1v) is 13.7. The highest BCUT2D eigenvalue weighted by molar-refractivity contribution is 6.03. The molecule has 42 heavy (non-hydrogen) atoms. The van der Waals surface area contributed by atoms with Crippen LogP contribution in [-0.4, -0.2) is 71.9 Å². The number of anilines is 2. The molecule has 12 heteroatoms. The van der Waals surface area contributed by atoms with E-state index in [4.69, 9.17) is 9.47 Å². The zero-order chi connectivity index (χ0) is 29.6. The fourth-order valence-corrected chi connectivity index (χ4v) is 5.71. The van der Waals surface area contributed by atoms with Crippen LogP contribution in [0.15, 0.2) is 36.5 Å². The van der Waals surface area contributed by atoms with Crippen molar-refractivity contribution >= 4 is 23.5 Å². The van der Waals surface area contributed by atoms with Gasteiger partial charge in [-0.3, -0.25) is 9.59 Å². The molecule has 216 valence electrons. The number of halogens is 1. The van der Waals surface area contributed by atoms with Gasteiger partial charge in [0.1, 0.15) is 28.9 Å². The number of hydrogen-bond donors (Lipinski definition) is 2. The first-order valence-electron chi connectivity index (χ1n) is 13.7.